The van der Waals surface area contributed by atoms with E-state index in [9.17, 15) is 0 Å². The van der Waals surface area contributed by atoms with E-state index in [1.165, 1.54) is 12.8 Å². The van der Waals surface area contributed by atoms with Crippen LogP contribution in [-0.2, 0) is 13.5 Å². The maximum Gasteiger partial charge on any atom is 0.138 e. The molecule has 0 spiro atoms. The van der Waals surface area contributed by atoms with Gasteiger partial charge in [0.25, 0.3) is 0 Å². The summed E-state index contributed by atoms with van der Waals surface area (Å²) in [5, 5.41) is 4.11. The molecule has 0 amide bonds. The van der Waals surface area contributed by atoms with Gasteiger partial charge in [-0.1, -0.05) is 0 Å². The summed E-state index contributed by atoms with van der Waals surface area (Å²) >= 11 is 0. The smallest absolute Gasteiger partial charge is 0.138 e. The quantitative estimate of drug-likeness (QED) is 0.573. The lowest BCUT2D eigenvalue weighted by Crippen LogP contribution is -2.59. The molecule has 1 atom stereocenters. The Labute approximate surface area is 109 Å². The summed E-state index contributed by atoms with van der Waals surface area (Å²) in [6, 6.07) is 0.165. The highest BCUT2D eigenvalue weighted by Gasteiger charge is 2.36. The standard InChI is InChI=1S/C12H24N6/c1-12(2,18-6-4-5-7-18)10(16-13)8-11-14-9-15-17(11)3/h9-10,16H,4-8,13H2,1-3H3. The zero-order valence-corrected chi connectivity index (χ0v) is 11.6. The van der Waals surface area contributed by atoms with E-state index >= 15 is 0 Å². The van der Waals surface area contributed by atoms with Crippen LogP contribution >= 0.6 is 0 Å². The van der Waals surface area contributed by atoms with Crippen molar-refractivity contribution in [3.63, 3.8) is 0 Å². The summed E-state index contributed by atoms with van der Waals surface area (Å²) in [4.78, 5) is 6.79. The summed E-state index contributed by atoms with van der Waals surface area (Å²) < 4.78 is 1.81. The molecule has 2 rings (SSSR count). The first kappa shape index (κ1) is 13.5. The van der Waals surface area contributed by atoms with E-state index in [-0.39, 0.29) is 11.6 Å². The van der Waals surface area contributed by atoms with Crippen LogP contribution in [0.2, 0.25) is 0 Å². The molecule has 1 unspecified atom stereocenters. The molecule has 0 radical (unpaired) electrons. The van der Waals surface area contributed by atoms with Gasteiger partial charge in [0.05, 0.1) is 0 Å². The molecule has 2 heterocycles. The SMILES string of the molecule is Cn1ncnc1CC(NN)C(C)(C)N1CCCC1. The molecule has 0 aromatic carbocycles. The first-order chi connectivity index (χ1) is 8.55. The number of nitrogens with two attached hydrogens (primary N) is 1. The number of hydrazine groups is 1. The molecule has 1 fully saturated rings. The minimum Gasteiger partial charge on any atom is -0.297 e. The Balaban J connectivity index is 2.09. The Hall–Kier alpha value is -0.980. The average Bonchev–Trinajstić information content (AvgIpc) is 2.97. The predicted molar refractivity (Wildman–Crippen MR) is 70.7 cm³/mol. The Morgan fingerprint density at radius 2 is 2.11 bits per heavy atom. The summed E-state index contributed by atoms with van der Waals surface area (Å²) in [6.07, 6.45) is 4.94. The van der Waals surface area contributed by atoms with Crippen LogP contribution in [0.3, 0.4) is 0 Å². The van der Waals surface area contributed by atoms with Crippen LogP contribution in [0.25, 0.3) is 0 Å². The van der Waals surface area contributed by atoms with Gasteiger partial charge < -0.3 is 0 Å². The molecule has 3 N–H and O–H groups in total. The van der Waals surface area contributed by atoms with E-state index in [4.69, 9.17) is 5.84 Å². The molecule has 18 heavy (non-hydrogen) atoms. The highest BCUT2D eigenvalue weighted by atomic mass is 15.3. The zero-order chi connectivity index (χ0) is 13.2. The lowest BCUT2D eigenvalue weighted by atomic mass is 9.90. The van der Waals surface area contributed by atoms with E-state index in [1.807, 2.05) is 11.7 Å². The van der Waals surface area contributed by atoms with Gasteiger partial charge in [-0.15, -0.1) is 0 Å². The normalized spacial score (nSPS) is 19.3. The third-order valence-corrected chi connectivity index (χ3v) is 4.17. The van der Waals surface area contributed by atoms with Gasteiger partial charge in [0, 0.05) is 25.0 Å². The largest absolute Gasteiger partial charge is 0.297 e. The summed E-state index contributed by atoms with van der Waals surface area (Å²) in [6.45, 7) is 6.81. The fraction of sp³-hybridized carbons (Fsp3) is 0.833. The Bertz CT molecular complexity index is 380. The number of hydrogen-bond acceptors (Lipinski definition) is 5. The van der Waals surface area contributed by atoms with Gasteiger partial charge in [-0.3, -0.25) is 20.9 Å². The molecule has 1 saturated heterocycles. The second-order valence-electron chi connectivity index (χ2n) is 5.57. The molecule has 1 aliphatic heterocycles. The third-order valence-electron chi connectivity index (χ3n) is 4.17. The number of likely N-dealkylation sites (tertiary alicyclic amines) is 1. The fourth-order valence-corrected chi connectivity index (χ4v) is 2.71. The third kappa shape index (κ3) is 2.55. The van der Waals surface area contributed by atoms with Gasteiger partial charge in [-0.2, -0.15) is 5.10 Å². The molecular weight excluding hydrogens is 228 g/mol. The molecule has 0 aliphatic carbocycles. The number of aromatic nitrogens is 3. The van der Waals surface area contributed by atoms with Crippen LogP contribution < -0.4 is 11.3 Å². The molecule has 1 aromatic heterocycles. The Morgan fingerprint density at radius 3 is 2.61 bits per heavy atom. The van der Waals surface area contributed by atoms with Crippen LogP contribution in [0.4, 0.5) is 0 Å². The van der Waals surface area contributed by atoms with Gasteiger partial charge in [0.15, 0.2) is 0 Å². The van der Waals surface area contributed by atoms with Gasteiger partial charge >= 0.3 is 0 Å². The van der Waals surface area contributed by atoms with E-state index < -0.39 is 0 Å². The molecule has 1 aliphatic rings. The number of rotatable bonds is 5. The fourth-order valence-electron chi connectivity index (χ4n) is 2.71. The topological polar surface area (TPSA) is 72.0 Å². The molecule has 6 nitrogen and oxygen atoms in total. The van der Waals surface area contributed by atoms with E-state index in [2.05, 4.69) is 34.3 Å². The van der Waals surface area contributed by atoms with Crippen molar-refractivity contribution in [2.45, 2.75) is 44.7 Å². The minimum absolute atomic E-state index is 0.0250. The second-order valence-corrected chi connectivity index (χ2v) is 5.57. The predicted octanol–water partition coefficient (Wildman–Crippen LogP) is 0.0639. The Morgan fingerprint density at radius 1 is 1.44 bits per heavy atom. The van der Waals surface area contributed by atoms with E-state index in [1.54, 1.807) is 6.33 Å². The Kier molecular flexibility index (Phi) is 3.99. The number of hydrogen-bond donors (Lipinski definition) is 2. The van der Waals surface area contributed by atoms with Gasteiger partial charge in [0.2, 0.25) is 0 Å². The van der Waals surface area contributed by atoms with Crippen LogP contribution in [0, 0.1) is 0 Å². The van der Waals surface area contributed by atoms with Crippen molar-refractivity contribution in [1.29, 1.82) is 0 Å². The highest BCUT2D eigenvalue weighted by molar-refractivity contribution is 5.00. The van der Waals surface area contributed by atoms with Crippen molar-refractivity contribution in [3.05, 3.63) is 12.2 Å². The van der Waals surface area contributed by atoms with Gasteiger partial charge in [-0.25, -0.2) is 4.98 Å². The lowest BCUT2D eigenvalue weighted by molar-refractivity contribution is 0.105. The molecule has 102 valence electrons. The first-order valence-electron chi connectivity index (χ1n) is 6.59. The van der Waals surface area contributed by atoms with E-state index in [0.717, 1.165) is 25.3 Å². The van der Waals surface area contributed by atoms with Crippen molar-refractivity contribution in [2.75, 3.05) is 13.1 Å². The average molecular weight is 252 g/mol. The van der Waals surface area contributed by atoms with Crippen molar-refractivity contribution in [2.24, 2.45) is 12.9 Å². The maximum atomic E-state index is 5.76. The first-order valence-corrected chi connectivity index (χ1v) is 6.59. The van der Waals surface area contributed by atoms with Gasteiger partial charge in [0.1, 0.15) is 12.2 Å². The van der Waals surface area contributed by atoms with Crippen molar-refractivity contribution < 1.29 is 0 Å². The second kappa shape index (κ2) is 5.34. The van der Waals surface area contributed by atoms with Crippen LogP contribution in [-0.4, -0.2) is 44.3 Å². The van der Waals surface area contributed by atoms with Crippen LogP contribution in [0.5, 0.6) is 0 Å². The van der Waals surface area contributed by atoms with Crippen molar-refractivity contribution in [3.8, 4) is 0 Å². The monoisotopic (exact) mass is 252 g/mol. The van der Waals surface area contributed by atoms with E-state index in [0.29, 0.717) is 0 Å². The van der Waals surface area contributed by atoms with Crippen molar-refractivity contribution >= 4 is 0 Å². The van der Waals surface area contributed by atoms with Crippen LogP contribution in [0.15, 0.2) is 6.33 Å². The van der Waals surface area contributed by atoms with Crippen LogP contribution in [0.1, 0.15) is 32.5 Å². The highest BCUT2D eigenvalue weighted by Crippen LogP contribution is 2.25. The minimum atomic E-state index is 0.0250. The maximum absolute atomic E-state index is 5.76. The molecule has 1 aromatic rings. The molecule has 0 saturated carbocycles. The molecular formula is C12H24N6. The molecule has 6 heteroatoms. The number of aryl methyl sites for hydroxylation is 1. The summed E-state index contributed by atoms with van der Waals surface area (Å²) in [5.41, 5.74) is 2.99. The lowest BCUT2D eigenvalue weighted by Gasteiger charge is -2.41. The zero-order valence-electron chi connectivity index (χ0n) is 11.6. The summed E-state index contributed by atoms with van der Waals surface area (Å²) in [5.74, 6) is 6.72. The van der Waals surface area contributed by atoms with Crippen molar-refractivity contribution in [1.82, 2.24) is 25.1 Å². The number of nitrogens with one attached hydrogen (secondary N) is 1. The van der Waals surface area contributed by atoms with Gasteiger partial charge in [-0.05, 0) is 39.8 Å². The number of nitrogens with zero attached hydrogens (tertiary/aromatic N) is 4. The molecule has 0 bridgehead atoms. The summed E-state index contributed by atoms with van der Waals surface area (Å²) in [7, 11) is 1.92.